The molecule has 0 spiro atoms. The van der Waals surface area contributed by atoms with Gasteiger partial charge in [0.1, 0.15) is 5.75 Å². The largest absolute Gasteiger partial charge is 0.495 e. The van der Waals surface area contributed by atoms with Crippen LogP contribution < -0.4 is 10.1 Å². The number of carboxylic acid groups (broad SMARTS) is 1. The predicted molar refractivity (Wildman–Crippen MR) is 70.6 cm³/mol. The van der Waals surface area contributed by atoms with E-state index in [1.54, 1.807) is 14.0 Å². The second kappa shape index (κ2) is 5.91. The van der Waals surface area contributed by atoms with Gasteiger partial charge in [0.15, 0.2) is 0 Å². The van der Waals surface area contributed by atoms with Gasteiger partial charge in [-0.15, -0.1) is 0 Å². The zero-order valence-electron chi connectivity index (χ0n) is 10.0. The van der Waals surface area contributed by atoms with Gasteiger partial charge in [-0.2, -0.15) is 0 Å². The molecule has 4 nitrogen and oxygen atoms in total. The molecule has 1 aromatic carbocycles. The Hall–Kier alpha value is -1.23. The average Bonchev–Trinajstić information content (AvgIpc) is 2.30. The van der Waals surface area contributed by atoms with Crippen molar-refractivity contribution in [2.45, 2.75) is 19.9 Å². The van der Waals surface area contributed by atoms with Gasteiger partial charge in [-0.25, -0.2) is 0 Å². The maximum absolute atomic E-state index is 10.8. The molecule has 0 saturated heterocycles. The second-order valence-corrected chi connectivity index (χ2v) is 4.76. The molecule has 0 fully saturated rings. The molecule has 2 N–H and O–H groups in total. The van der Waals surface area contributed by atoms with Crippen LogP contribution in [0.25, 0.3) is 0 Å². The van der Waals surface area contributed by atoms with Crippen LogP contribution in [0.3, 0.4) is 0 Å². The molecule has 0 saturated carbocycles. The minimum atomic E-state index is -0.811. The number of carbonyl (C=O) groups is 1. The van der Waals surface area contributed by atoms with Gasteiger partial charge in [0.05, 0.1) is 17.5 Å². The first-order chi connectivity index (χ1) is 7.95. The highest BCUT2D eigenvalue weighted by Crippen LogP contribution is 2.28. The third-order valence-corrected chi connectivity index (χ3v) is 3.34. The molecular weight excluding hydrogens is 286 g/mol. The number of anilines is 1. The first kappa shape index (κ1) is 13.8. The van der Waals surface area contributed by atoms with Crippen molar-refractivity contribution in [3.8, 4) is 5.75 Å². The maximum Gasteiger partial charge on any atom is 0.308 e. The lowest BCUT2D eigenvalue weighted by atomic mass is 10.0. The third kappa shape index (κ3) is 3.63. The molecule has 2 atom stereocenters. The standard InChI is InChI=1S/C12H16BrNO3/c1-7(12(15)16)8(2)14-9-4-5-10(13)11(6-9)17-3/h4-8,14H,1-3H3,(H,15,16). The molecule has 0 aliphatic heterocycles. The van der Waals surface area contributed by atoms with Gasteiger partial charge in [0, 0.05) is 17.8 Å². The van der Waals surface area contributed by atoms with Gasteiger partial charge >= 0.3 is 5.97 Å². The third-order valence-electron chi connectivity index (χ3n) is 2.68. The van der Waals surface area contributed by atoms with E-state index < -0.39 is 11.9 Å². The lowest BCUT2D eigenvalue weighted by Gasteiger charge is -2.19. The topological polar surface area (TPSA) is 58.6 Å². The SMILES string of the molecule is COc1cc(NC(C)C(C)C(=O)O)ccc1Br. The minimum Gasteiger partial charge on any atom is -0.495 e. The monoisotopic (exact) mass is 301 g/mol. The predicted octanol–water partition coefficient (Wildman–Crippen LogP) is 2.98. The molecular formula is C12H16BrNO3. The van der Waals surface area contributed by atoms with Crippen molar-refractivity contribution in [1.82, 2.24) is 0 Å². The Bertz CT molecular complexity index is 409. The summed E-state index contributed by atoms with van der Waals surface area (Å²) in [6, 6.07) is 5.41. The van der Waals surface area contributed by atoms with Crippen molar-refractivity contribution in [2.75, 3.05) is 12.4 Å². The van der Waals surface area contributed by atoms with Crippen LogP contribution in [0.4, 0.5) is 5.69 Å². The molecule has 17 heavy (non-hydrogen) atoms. The normalized spacial score (nSPS) is 13.9. The summed E-state index contributed by atoms with van der Waals surface area (Å²) in [5.41, 5.74) is 0.839. The van der Waals surface area contributed by atoms with E-state index in [2.05, 4.69) is 21.2 Å². The maximum atomic E-state index is 10.8. The second-order valence-electron chi connectivity index (χ2n) is 3.91. The molecule has 94 valence electrons. The molecule has 0 aliphatic carbocycles. The van der Waals surface area contributed by atoms with Crippen molar-refractivity contribution < 1.29 is 14.6 Å². The molecule has 0 bridgehead atoms. The van der Waals surface area contributed by atoms with Crippen LogP contribution in [-0.2, 0) is 4.79 Å². The van der Waals surface area contributed by atoms with Crippen LogP contribution in [0, 0.1) is 5.92 Å². The number of nitrogens with one attached hydrogen (secondary N) is 1. The van der Waals surface area contributed by atoms with Crippen molar-refractivity contribution in [3.63, 3.8) is 0 Å². The first-order valence-electron chi connectivity index (χ1n) is 5.28. The van der Waals surface area contributed by atoms with Crippen LogP contribution in [0.5, 0.6) is 5.75 Å². The fourth-order valence-corrected chi connectivity index (χ4v) is 1.76. The molecule has 1 rings (SSSR count). The van der Waals surface area contributed by atoms with E-state index in [4.69, 9.17) is 9.84 Å². The smallest absolute Gasteiger partial charge is 0.308 e. The molecule has 1 aromatic rings. The fourth-order valence-electron chi connectivity index (χ4n) is 1.35. The summed E-state index contributed by atoms with van der Waals surface area (Å²) < 4.78 is 6.04. The zero-order chi connectivity index (χ0) is 13.0. The van der Waals surface area contributed by atoms with E-state index in [-0.39, 0.29) is 6.04 Å². The van der Waals surface area contributed by atoms with Gasteiger partial charge in [-0.3, -0.25) is 4.79 Å². The van der Waals surface area contributed by atoms with Gasteiger partial charge in [-0.05, 0) is 41.9 Å². The lowest BCUT2D eigenvalue weighted by Crippen LogP contribution is -2.29. The van der Waals surface area contributed by atoms with E-state index >= 15 is 0 Å². The van der Waals surface area contributed by atoms with Crippen molar-refractivity contribution >= 4 is 27.6 Å². The van der Waals surface area contributed by atoms with Gasteiger partial charge < -0.3 is 15.2 Å². The Morgan fingerprint density at radius 2 is 2.12 bits per heavy atom. The van der Waals surface area contributed by atoms with Crippen LogP contribution in [0.2, 0.25) is 0 Å². The fraction of sp³-hybridized carbons (Fsp3) is 0.417. The molecule has 0 radical (unpaired) electrons. The van der Waals surface area contributed by atoms with Gasteiger partial charge in [0.25, 0.3) is 0 Å². The Balaban J connectivity index is 2.78. The number of rotatable bonds is 5. The van der Waals surface area contributed by atoms with Crippen LogP contribution >= 0.6 is 15.9 Å². The number of methoxy groups -OCH3 is 1. The van der Waals surface area contributed by atoms with Crippen molar-refractivity contribution in [2.24, 2.45) is 5.92 Å². The number of benzene rings is 1. The molecule has 0 aliphatic rings. The van der Waals surface area contributed by atoms with Crippen LogP contribution in [-0.4, -0.2) is 24.2 Å². The van der Waals surface area contributed by atoms with E-state index in [0.717, 1.165) is 10.2 Å². The summed E-state index contributed by atoms with van der Waals surface area (Å²) in [5.74, 6) is -0.552. The van der Waals surface area contributed by atoms with E-state index in [0.29, 0.717) is 5.75 Å². The Morgan fingerprint density at radius 3 is 2.65 bits per heavy atom. The van der Waals surface area contributed by atoms with E-state index in [1.165, 1.54) is 0 Å². The number of hydrogen-bond donors (Lipinski definition) is 2. The molecule has 0 heterocycles. The highest BCUT2D eigenvalue weighted by Gasteiger charge is 2.19. The number of aliphatic carboxylic acids is 1. The van der Waals surface area contributed by atoms with Gasteiger partial charge in [0.2, 0.25) is 0 Å². The lowest BCUT2D eigenvalue weighted by molar-refractivity contribution is -0.141. The summed E-state index contributed by atoms with van der Waals surface area (Å²) in [6.45, 7) is 3.52. The number of halogens is 1. The van der Waals surface area contributed by atoms with Crippen LogP contribution in [0.15, 0.2) is 22.7 Å². The highest BCUT2D eigenvalue weighted by molar-refractivity contribution is 9.10. The van der Waals surface area contributed by atoms with Crippen LogP contribution in [0.1, 0.15) is 13.8 Å². The number of carboxylic acids is 1. The Labute approximate surface area is 109 Å². The van der Waals surface area contributed by atoms with E-state index in [1.807, 2.05) is 25.1 Å². The average molecular weight is 302 g/mol. The van der Waals surface area contributed by atoms with Crippen molar-refractivity contribution in [3.05, 3.63) is 22.7 Å². The summed E-state index contributed by atoms with van der Waals surface area (Å²) in [6.07, 6.45) is 0. The summed E-state index contributed by atoms with van der Waals surface area (Å²) in [7, 11) is 1.59. The molecule has 0 amide bonds. The minimum absolute atomic E-state index is 0.154. The summed E-state index contributed by atoms with van der Waals surface area (Å²) >= 11 is 3.36. The van der Waals surface area contributed by atoms with Crippen molar-refractivity contribution in [1.29, 1.82) is 0 Å². The zero-order valence-corrected chi connectivity index (χ0v) is 11.6. The Morgan fingerprint density at radius 1 is 1.47 bits per heavy atom. The van der Waals surface area contributed by atoms with E-state index in [9.17, 15) is 4.79 Å². The highest BCUT2D eigenvalue weighted by atomic mass is 79.9. The summed E-state index contributed by atoms with van der Waals surface area (Å²) in [5, 5.41) is 12.0. The van der Waals surface area contributed by atoms with Gasteiger partial charge in [-0.1, -0.05) is 0 Å². The Kier molecular flexibility index (Phi) is 4.81. The number of ether oxygens (including phenoxy) is 1. The number of hydrogen-bond acceptors (Lipinski definition) is 3. The molecule has 5 heteroatoms. The first-order valence-corrected chi connectivity index (χ1v) is 6.08. The molecule has 0 aromatic heterocycles. The molecule has 2 unspecified atom stereocenters. The quantitative estimate of drug-likeness (QED) is 0.878. The summed E-state index contributed by atoms with van der Waals surface area (Å²) in [4.78, 5) is 10.8.